The molecule has 0 aromatic carbocycles. The molecule has 0 bridgehead atoms. The molecule has 1 fully saturated rings. The summed E-state index contributed by atoms with van der Waals surface area (Å²) in [5.74, 6) is 1.10. The average Bonchev–Trinajstić information content (AvgIpc) is 2.43. The summed E-state index contributed by atoms with van der Waals surface area (Å²) in [6.07, 6.45) is 3.42. The van der Waals surface area contributed by atoms with Gasteiger partial charge in [-0.3, -0.25) is 0 Å². The summed E-state index contributed by atoms with van der Waals surface area (Å²) in [6, 6.07) is 0.411. The van der Waals surface area contributed by atoms with Crippen molar-refractivity contribution < 1.29 is 14.2 Å². The average molecular weight is 281 g/mol. The van der Waals surface area contributed by atoms with Crippen LogP contribution < -0.4 is 14.8 Å². The maximum atomic E-state index is 5.72. The lowest BCUT2D eigenvalue weighted by Gasteiger charge is -2.36. The molecule has 0 saturated carbocycles. The highest BCUT2D eigenvalue weighted by Crippen LogP contribution is 2.26. The van der Waals surface area contributed by atoms with E-state index in [1.165, 1.54) is 6.33 Å². The Morgan fingerprint density at radius 2 is 1.95 bits per heavy atom. The molecule has 0 aliphatic carbocycles. The molecule has 6 heteroatoms. The van der Waals surface area contributed by atoms with E-state index in [1.807, 2.05) is 0 Å². The molecule has 2 heterocycles. The van der Waals surface area contributed by atoms with Gasteiger partial charge in [0.05, 0.1) is 25.4 Å². The summed E-state index contributed by atoms with van der Waals surface area (Å²) in [6.45, 7) is 5.64. The van der Waals surface area contributed by atoms with E-state index >= 15 is 0 Å². The molecule has 1 aromatic heterocycles. The molecule has 0 radical (unpaired) electrons. The Kier molecular flexibility index (Phi) is 4.77. The first-order chi connectivity index (χ1) is 9.55. The summed E-state index contributed by atoms with van der Waals surface area (Å²) >= 11 is 0. The molecular weight excluding hydrogens is 258 g/mol. The second kappa shape index (κ2) is 6.37. The van der Waals surface area contributed by atoms with Gasteiger partial charge in [-0.1, -0.05) is 0 Å². The second-order valence-corrected chi connectivity index (χ2v) is 5.55. The van der Waals surface area contributed by atoms with Crippen molar-refractivity contribution in [2.24, 2.45) is 0 Å². The van der Waals surface area contributed by atoms with Crippen LogP contribution in [-0.2, 0) is 11.3 Å². The van der Waals surface area contributed by atoms with Gasteiger partial charge >= 0.3 is 0 Å². The molecule has 1 N–H and O–H groups in total. The Morgan fingerprint density at radius 3 is 2.50 bits per heavy atom. The highest BCUT2D eigenvalue weighted by Gasteiger charge is 2.28. The van der Waals surface area contributed by atoms with Crippen LogP contribution in [0.15, 0.2) is 6.33 Å². The number of hydrogen-bond donors (Lipinski definition) is 1. The molecular formula is C14H23N3O3. The van der Waals surface area contributed by atoms with Crippen LogP contribution in [0.5, 0.6) is 11.8 Å². The number of rotatable bonds is 5. The van der Waals surface area contributed by atoms with Crippen molar-refractivity contribution in [3.05, 3.63) is 11.9 Å². The first kappa shape index (κ1) is 15.0. The molecule has 1 atom stereocenters. The van der Waals surface area contributed by atoms with Crippen molar-refractivity contribution in [2.45, 2.75) is 44.9 Å². The Hall–Kier alpha value is -1.40. The zero-order chi connectivity index (χ0) is 14.6. The molecule has 112 valence electrons. The summed E-state index contributed by atoms with van der Waals surface area (Å²) in [7, 11) is 3.20. The maximum absolute atomic E-state index is 5.72. The van der Waals surface area contributed by atoms with Gasteiger partial charge in [0, 0.05) is 19.2 Å². The first-order valence-corrected chi connectivity index (χ1v) is 6.85. The van der Waals surface area contributed by atoms with Crippen LogP contribution in [0.2, 0.25) is 0 Å². The van der Waals surface area contributed by atoms with E-state index in [0.29, 0.717) is 24.3 Å². The Bertz CT molecular complexity index is 429. The van der Waals surface area contributed by atoms with Gasteiger partial charge in [-0.25, -0.2) is 9.97 Å². The third-order valence-electron chi connectivity index (χ3n) is 3.52. The van der Waals surface area contributed by atoms with Gasteiger partial charge in [-0.2, -0.15) is 0 Å². The monoisotopic (exact) mass is 281 g/mol. The second-order valence-electron chi connectivity index (χ2n) is 5.55. The molecule has 6 nitrogen and oxygen atoms in total. The van der Waals surface area contributed by atoms with Crippen LogP contribution in [0, 0.1) is 0 Å². The molecule has 1 aliphatic rings. The highest BCUT2D eigenvalue weighted by molar-refractivity contribution is 5.34. The SMILES string of the molecule is COc1ncnc(OC)c1CNC1CCOC(C)(C)C1. The van der Waals surface area contributed by atoms with Gasteiger partial charge in [-0.05, 0) is 26.7 Å². The molecule has 1 unspecified atom stereocenters. The van der Waals surface area contributed by atoms with Gasteiger partial charge in [0.25, 0.3) is 0 Å². The molecule has 1 saturated heterocycles. The van der Waals surface area contributed by atoms with Gasteiger partial charge in [0.15, 0.2) is 0 Å². The predicted octanol–water partition coefficient (Wildman–Crippen LogP) is 1.54. The first-order valence-electron chi connectivity index (χ1n) is 6.85. The predicted molar refractivity (Wildman–Crippen MR) is 75.0 cm³/mol. The van der Waals surface area contributed by atoms with Gasteiger partial charge in [0.2, 0.25) is 11.8 Å². The minimum absolute atomic E-state index is 0.0721. The normalized spacial score (nSPS) is 21.5. The van der Waals surface area contributed by atoms with Crippen LogP contribution in [0.1, 0.15) is 32.3 Å². The fourth-order valence-electron chi connectivity index (χ4n) is 2.54. The molecule has 0 spiro atoms. The minimum atomic E-state index is -0.0721. The minimum Gasteiger partial charge on any atom is -0.481 e. The Morgan fingerprint density at radius 1 is 1.30 bits per heavy atom. The van der Waals surface area contributed by atoms with Crippen LogP contribution in [0.4, 0.5) is 0 Å². The Labute approximate surface area is 119 Å². The van der Waals surface area contributed by atoms with Crippen molar-refractivity contribution >= 4 is 0 Å². The highest BCUT2D eigenvalue weighted by atomic mass is 16.5. The lowest BCUT2D eigenvalue weighted by atomic mass is 9.94. The van der Waals surface area contributed by atoms with Crippen molar-refractivity contribution in [2.75, 3.05) is 20.8 Å². The number of aromatic nitrogens is 2. The molecule has 20 heavy (non-hydrogen) atoms. The molecule has 1 aromatic rings. The molecule has 0 amide bonds. The third-order valence-corrected chi connectivity index (χ3v) is 3.52. The zero-order valence-electron chi connectivity index (χ0n) is 12.6. The van der Waals surface area contributed by atoms with Gasteiger partial charge in [-0.15, -0.1) is 0 Å². The number of nitrogens with zero attached hydrogens (tertiary/aromatic N) is 2. The largest absolute Gasteiger partial charge is 0.481 e. The number of nitrogens with one attached hydrogen (secondary N) is 1. The van der Waals surface area contributed by atoms with Crippen LogP contribution in [-0.4, -0.2) is 42.4 Å². The summed E-state index contributed by atoms with van der Waals surface area (Å²) in [5, 5.41) is 3.52. The van der Waals surface area contributed by atoms with Crippen LogP contribution in [0.25, 0.3) is 0 Å². The van der Waals surface area contributed by atoms with Crippen LogP contribution in [0.3, 0.4) is 0 Å². The summed E-state index contributed by atoms with van der Waals surface area (Å²) < 4.78 is 16.3. The van der Waals surface area contributed by atoms with Crippen LogP contribution >= 0.6 is 0 Å². The number of hydrogen-bond acceptors (Lipinski definition) is 6. The summed E-state index contributed by atoms with van der Waals surface area (Å²) in [5.41, 5.74) is 0.777. The number of methoxy groups -OCH3 is 2. The standard InChI is InChI=1S/C14H23N3O3/c1-14(2)7-10(5-6-20-14)15-8-11-12(18-3)16-9-17-13(11)19-4/h9-10,15H,5-8H2,1-4H3. The third kappa shape index (κ3) is 3.58. The van der Waals surface area contributed by atoms with E-state index in [0.717, 1.165) is 25.0 Å². The van der Waals surface area contributed by atoms with Crippen molar-refractivity contribution in [1.82, 2.24) is 15.3 Å². The topological polar surface area (TPSA) is 65.5 Å². The van der Waals surface area contributed by atoms with E-state index in [2.05, 4.69) is 29.1 Å². The van der Waals surface area contributed by atoms with E-state index < -0.39 is 0 Å². The smallest absolute Gasteiger partial charge is 0.224 e. The maximum Gasteiger partial charge on any atom is 0.224 e. The van der Waals surface area contributed by atoms with Crippen molar-refractivity contribution in [3.63, 3.8) is 0 Å². The quantitative estimate of drug-likeness (QED) is 0.883. The van der Waals surface area contributed by atoms with Crippen molar-refractivity contribution in [1.29, 1.82) is 0 Å². The van der Waals surface area contributed by atoms with Crippen molar-refractivity contribution in [3.8, 4) is 11.8 Å². The molecule has 1 aliphatic heterocycles. The van der Waals surface area contributed by atoms with E-state index in [1.54, 1.807) is 14.2 Å². The lowest BCUT2D eigenvalue weighted by molar-refractivity contribution is -0.0630. The van der Waals surface area contributed by atoms with E-state index in [9.17, 15) is 0 Å². The van der Waals surface area contributed by atoms with E-state index in [-0.39, 0.29) is 5.60 Å². The zero-order valence-corrected chi connectivity index (χ0v) is 12.6. The van der Waals surface area contributed by atoms with Gasteiger partial charge < -0.3 is 19.5 Å². The summed E-state index contributed by atoms with van der Waals surface area (Å²) in [4.78, 5) is 8.24. The molecule has 2 rings (SSSR count). The number of ether oxygens (including phenoxy) is 3. The van der Waals surface area contributed by atoms with Gasteiger partial charge in [0.1, 0.15) is 6.33 Å². The fourth-order valence-corrected chi connectivity index (χ4v) is 2.54. The lowest BCUT2D eigenvalue weighted by Crippen LogP contribution is -2.43. The fraction of sp³-hybridized carbons (Fsp3) is 0.714. The van der Waals surface area contributed by atoms with E-state index in [4.69, 9.17) is 14.2 Å². The Balaban J connectivity index is 2.03.